The fourth-order valence-corrected chi connectivity index (χ4v) is 2.55. The molecule has 0 amide bonds. The molecule has 0 atom stereocenters. The summed E-state index contributed by atoms with van der Waals surface area (Å²) in [4.78, 5) is 28.7. The summed E-state index contributed by atoms with van der Waals surface area (Å²) in [6.07, 6.45) is 1.62. The molecule has 0 fully saturated rings. The van der Waals surface area contributed by atoms with Crippen LogP contribution in [0.3, 0.4) is 0 Å². The number of esters is 1. The van der Waals surface area contributed by atoms with Gasteiger partial charge in [-0.1, -0.05) is 12.1 Å². The Morgan fingerprint density at radius 2 is 2.00 bits per heavy atom. The van der Waals surface area contributed by atoms with Crippen LogP contribution < -0.4 is 5.56 Å². The summed E-state index contributed by atoms with van der Waals surface area (Å²) < 4.78 is 6.20. The van der Waals surface area contributed by atoms with Crippen LogP contribution >= 0.6 is 0 Å². The van der Waals surface area contributed by atoms with Crippen molar-refractivity contribution in [3.05, 3.63) is 58.5 Å². The van der Waals surface area contributed by atoms with Crippen LogP contribution in [0.4, 0.5) is 0 Å². The molecule has 0 spiro atoms. The molecule has 122 valence electrons. The van der Waals surface area contributed by atoms with Crippen LogP contribution in [0.15, 0.2) is 47.4 Å². The second kappa shape index (κ2) is 6.23. The number of hydrogen-bond donors (Lipinski definition) is 0. The van der Waals surface area contributed by atoms with Gasteiger partial charge in [0.25, 0.3) is 5.56 Å². The SMILES string of the molecule is COC(=O)c1cccc(-c2nn(C(C)C)c(=O)c3cccnc23)c1. The molecular formula is C18H17N3O3. The van der Waals surface area contributed by atoms with Crippen molar-refractivity contribution in [2.45, 2.75) is 19.9 Å². The lowest BCUT2D eigenvalue weighted by Crippen LogP contribution is -2.25. The highest BCUT2D eigenvalue weighted by atomic mass is 16.5. The first-order valence-corrected chi connectivity index (χ1v) is 7.59. The van der Waals surface area contributed by atoms with E-state index in [1.54, 1.807) is 36.5 Å². The van der Waals surface area contributed by atoms with Gasteiger partial charge in [0.2, 0.25) is 0 Å². The predicted molar refractivity (Wildman–Crippen MR) is 91.0 cm³/mol. The van der Waals surface area contributed by atoms with E-state index in [1.165, 1.54) is 11.8 Å². The number of aromatic nitrogens is 3. The summed E-state index contributed by atoms with van der Waals surface area (Å²) in [7, 11) is 1.34. The van der Waals surface area contributed by atoms with Crippen molar-refractivity contribution < 1.29 is 9.53 Å². The molecule has 0 radical (unpaired) electrons. The standard InChI is InChI=1S/C18H17N3O3/c1-11(2)21-17(22)14-8-5-9-19-16(14)15(20-21)12-6-4-7-13(10-12)18(23)24-3/h4-11H,1-3H3. The highest BCUT2D eigenvalue weighted by Crippen LogP contribution is 2.24. The zero-order chi connectivity index (χ0) is 17.3. The van der Waals surface area contributed by atoms with E-state index in [0.29, 0.717) is 27.7 Å². The van der Waals surface area contributed by atoms with Crippen molar-refractivity contribution in [3.8, 4) is 11.3 Å². The highest BCUT2D eigenvalue weighted by Gasteiger charge is 2.16. The van der Waals surface area contributed by atoms with E-state index >= 15 is 0 Å². The minimum absolute atomic E-state index is 0.0929. The molecule has 0 aliphatic carbocycles. The van der Waals surface area contributed by atoms with Gasteiger partial charge < -0.3 is 4.74 Å². The molecular weight excluding hydrogens is 306 g/mol. The molecule has 0 unspecified atom stereocenters. The van der Waals surface area contributed by atoms with E-state index in [1.807, 2.05) is 19.9 Å². The number of ether oxygens (including phenoxy) is 1. The average Bonchev–Trinajstić information content (AvgIpc) is 2.61. The Balaban J connectivity index is 2.32. The highest BCUT2D eigenvalue weighted by molar-refractivity contribution is 5.94. The van der Waals surface area contributed by atoms with Crippen molar-refractivity contribution in [2.24, 2.45) is 0 Å². The summed E-state index contributed by atoms with van der Waals surface area (Å²) in [5.41, 5.74) is 2.02. The fourth-order valence-electron chi connectivity index (χ4n) is 2.55. The Morgan fingerprint density at radius 1 is 1.21 bits per heavy atom. The van der Waals surface area contributed by atoms with E-state index < -0.39 is 5.97 Å². The van der Waals surface area contributed by atoms with Crippen LogP contribution in [0.5, 0.6) is 0 Å². The van der Waals surface area contributed by atoms with Gasteiger partial charge in [-0.3, -0.25) is 9.78 Å². The number of nitrogens with zero attached hydrogens (tertiary/aromatic N) is 3. The van der Waals surface area contributed by atoms with Gasteiger partial charge in [-0.15, -0.1) is 0 Å². The number of carbonyl (C=O) groups is 1. The predicted octanol–water partition coefficient (Wildman–Crippen LogP) is 2.83. The summed E-state index contributed by atoms with van der Waals surface area (Å²) in [5, 5.41) is 4.99. The second-order valence-electron chi connectivity index (χ2n) is 5.66. The normalized spacial score (nSPS) is 11.0. The number of methoxy groups -OCH3 is 1. The smallest absolute Gasteiger partial charge is 0.337 e. The number of fused-ring (bicyclic) bond motifs is 1. The number of hydrogen-bond acceptors (Lipinski definition) is 5. The molecule has 2 aromatic heterocycles. The lowest BCUT2D eigenvalue weighted by atomic mass is 10.1. The number of benzene rings is 1. The lowest BCUT2D eigenvalue weighted by Gasteiger charge is -2.13. The Hall–Kier alpha value is -3.02. The van der Waals surface area contributed by atoms with Gasteiger partial charge in [0, 0.05) is 11.8 Å². The lowest BCUT2D eigenvalue weighted by molar-refractivity contribution is 0.0601. The topological polar surface area (TPSA) is 74.1 Å². The molecule has 0 aliphatic rings. The first kappa shape index (κ1) is 15.9. The Kier molecular flexibility index (Phi) is 4.12. The van der Waals surface area contributed by atoms with Crippen molar-refractivity contribution >= 4 is 16.9 Å². The van der Waals surface area contributed by atoms with Crippen LogP contribution in [0.2, 0.25) is 0 Å². The first-order chi connectivity index (χ1) is 11.5. The third-order valence-electron chi connectivity index (χ3n) is 3.72. The molecule has 0 saturated carbocycles. The van der Waals surface area contributed by atoms with Crippen molar-refractivity contribution in [1.82, 2.24) is 14.8 Å². The quantitative estimate of drug-likeness (QED) is 0.693. The maximum absolute atomic E-state index is 12.6. The van der Waals surface area contributed by atoms with E-state index in [2.05, 4.69) is 10.1 Å². The van der Waals surface area contributed by atoms with Gasteiger partial charge in [-0.05, 0) is 38.1 Å². The van der Waals surface area contributed by atoms with Crippen LogP contribution in [0.25, 0.3) is 22.2 Å². The molecule has 6 heteroatoms. The minimum atomic E-state index is -0.425. The second-order valence-corrected chi connectivity index (χ2v) is 5.66. The van der Waals surface area contributed by atoms with Crippen molar-refractivity contribution in [2.75, 3.05) is 7.11 Å². The van der Waals surface area contributed by atoms with E-state index in [4.69, 9.17) is 4.74 Å². The van der Waals surface area contributed by atoms with Gasteiger partial charge in [0.05, 0.1) is 24.1 Å². The summed E-state index contributed by atoms with van der Waals surface area (Å²) in [6, 6.07) is 10.3. The van der Waals surface area contributed by atoms with Crippen LogP contribution in [-0.4, -0.2) is 27.8 Å². The zero-order valence-corrected chi connectivity index (χ0v) is 13.7. The molecule has 3 rings (SSSR count). The van der Waals surface area contributed by atoms with Gasteiger partial charge in [0.1, 0.15) is 11.2 Å². The summed E-state index contributed by atoms with van der Waals surface area (Å²) in [5.74, 6) is -0.425. The Bertz CT molecular complexity index is 977. The molecule has 6 nitrogen and oxygen atoms in total. The van der Waals surface area contributed by atoms with Crippen LogP contribution in [0, 0.1) is 0 Å². The molecule has 2 heterocycles. The largest absolute Gasteiger partial charge is 0.465 e. The zero-order valence-electron chi connectivity index (χ0n) is 13.7. The Morgan fingerprint density at radius 3 is 2.71 bits per heavy atom. The van der Waals surface area contributed by atoms with E-state index in [9.17, 15) is 9.59 Å². The Labute approximate surface area is 138 Å². The van der Waals surface area contributed by atoms with Gasteiger partial charge in [-0.25, -0.2) is 9.48 Å². The average molecular weight is 323 g/mol. The molecule has 0 saturated heterocycles. The minimum Gasteiger partial charge on any atom is -0.465 e. The van der Waals surface area contributed by atoms with Gasteiger partial charge in [-0.2, -0.15) is 5.10 Å². The van der Waals surface area contributed by atoms with Crippen molar-refractivity contribution in [3.63, 3.8) is 0 Å². The number of carbonyl (C=O) groups excluding carboxylic acids is 1. The van der Waals surface area contributed by atoms with E-state index in [-0.39, 0.29) is 11.6 Å². The van der Waals surface area contributed by atoms with E-state index in [0.717, 1.165) is 0 Å². The maximum atomic E-state index is 12.6. The number of rotatable bonds is 3. The van der Waals surface area contributed by atoms with Crippen LogP contribution in [-0.2, 0) is 4.74 Å². The van der Waals surface area contributed by atoms with Gasteiger partial charge in [0.15, 0.2) is 0 Å². The fraction of sp³-hybridized carbons (Fsp3) is 0.222. The van der Waals surface area contributed by atoms with Crippen molar-refractivity contribution in [1.29, 1.82) is 0 Å². The molecule has 0 aliphatic heterocycles. The summed E-state index contributed by atoms with van der Waals surface area (Å²) in [6.45, 7) is 3.79. The molecule has 0 N–H and O–H groups in total. The molecule has 0 bridgehead atoms. The molecule has 24 heavy (non-hydrogen) atoms. The first-order valence-electron chi connectivity index (χ1n) is 7.59. The van der Waals surface area contributed by atoms with Crippen LogP contribution in [0.1, 0.15) is 30.2 Å². The van der Waals surface area contributed by atoms with Gasteiger partial charge >= 0.3 is 5.97 Å². The third-order valence-corrected chi connectivity index (χ3v) is 3.72. The molecule has 3 aromatic rings. The third kappa shape index (κ3) is 2.67. The maximum Gasteiger partial charge on any atom is 0.337 e. The summed E-state index contributed by atoms with van der Waals surface area (Å²) >= 11 is 0. The monoisotopic (exact) mass is 323 g/mol. The number of pyridine rings is 1. The molecule has 1 aromatic carbocycles.